The molecule has 2 rings (SSSR count). The van der Waals surface area contributed by atoms with Gasteiger partial charge < -0.3 is 5.11 Å². The lowest BCUT2D eigenvalue weighted by Crippen LogP contribution is -2.40. The summed E-state index contributed by atoms with van der Waals surface area (Å²) >= 11 is 5.93. The van der Waals surface area contributed by atoms with Crippen LogP contribution in [0, 0.1) is 6.92 Å². The van der Waals surface area contributed by atoms with Crippen LogP contribution in [-0.2, 0) is 14.8 Å². The fourth-order valence-corrected chi connectivity index (χ4v) is 4.07. The summed E-state index contributed by atoms with van der Waals surface area (Å²) in [6.07, 6.45) is 0.893. The second-order valence-electron chi connectivity index (χ2n) is 4.52. The van der Waals surface area contributed by atoms with Crippen molar-refractivity contribution in [2.75, 3.05) is 6.54 Å². The van der Waals surface area contributed by atoms with Crippen LogP contribution in [-0.4, -0.2) is 36.4 Å². The zero-order valence-electron chi connectivity index (χ0n) is 10.3. The van der Waals surface area contributed by atoms with E-state index >= 15 is 0 Å². The number of hydrogen-bond acceptors (Lipinski definition) is 3. The molecule has 1 heterocycles. The minimum atomic E-state index is -3.80. The number of rotatable bonds is 3. The van der Waals surface area contributed by atoms with Crippen molar-refractivity contribution in [3.05, 3.63) is 28.8 Å². The molecule has 0 amide bonds. The number of benzene rings is 1. The molecule has 104 valence electrons. The average molecular weight is 304 g/mol. The van der Waals surface area contributed by atoms with Crippen molar-refractivity contribution in [2.24, 2.45) is 0 Å². The zero-order valence-corrected chi connectivity index (χ0v) is 11.9. The fraction of sp³-hybridized carbons (Fsp3) is 0.417. The minimum Gasteiger partial charge on any atom is -0.480 e. The van der Waals surface area contributed by atoms with Gasteiger partial charge in [-0.3, -0.25) is 4.79 Å². The molecule has 0 saturated carbocycles. The summed E-state index contributed by atoms with van der Waals surface area (Å²) < 4.78 is 25.9. The van der Waals surface area contributed by atoms with Crippen LogP contribution in [0.3, 0.4) is 0 Å². The average Bonchev–Trinajstić information content (AvgIpc) is 2.82. The second kappa shape index (κ2) is 5.11. The summed E-state index contributed by atoms with van der Waals surface area (Å²) in [7, 11) is -3.80. The molecular weight excluding hydrogens is 290 g/mol. The molecule has 1 fully saturated rings. The van der Waals surface area contributed by atoms with Crippen LogP contribution in [0.1, 0.15) is 18.4 Å². The van der Waals surface area contributed by atoms with Crippen LogP contribution in [0.5, 0.6) is 0 Å². The van der Waals surface area contributed by atoms with E-state index in [0.717, 1.165) is 9.87 Å². The molecule has 1 N–H and O–H groups in total. The van der Waals surface area contributed by atoms with Crippen LogP contribution in [0.2, 0.25) is 5.02 Å². The van der Waals surface area contributed by atoms with Gasteiger partial charge in [0.25, 0.3) is 0 Å². The van der Waals surface area contributed by atoms with Crippen molar-refractivity contribution in [3.63, 3.8) is 0 Å². The number of aryl methyl sites for hydroxylation is 1. The quantitative estimate of drug-likeness (QED) is 0.925. The number of carboxylic acids is 1. The number of aliphatic carboxylic acids is 1. The van der Waals surface area contributed by atoms with E-state index in [4.69, 9.17) is 16.7 Å². The number of nitrogens with zero attached hydrogens (tertiary/aromatic N) is 1. The molecule has 0 spiro atoms. The standard InChI is InChI=1S/C12H14ClNO4S/c1-8-4-5-9(7-10(8)13)19(17,18)14-6-2-3-11(14)12(15)16/h4-5,7,11H,2-3,6H2,1H3,(H,15,16). The van der Waals surface area contributed by atoms with E-state index in [1.54, 1.807) is 13.0 Å². The fourth-order valence-electron chi connectivity index (χ4n) is 2.14. The maximum absolute atomic E-state index is 12.4. The van der Waals surface area contributed by atoms with E-state index in [0.29, 0.717) is 17.9 Å². The van der Waals surface area contributed by atoms with Gasteiger partial charge in [0.2, 0.25) is 10.0 Å². The highest BCUT2D eigenvalue weighted by Gasteiger charge is 2.39. The molecule has 1 aliphatic rings. The van der Waals surface area contributed by atoms with E-state index in [9.17, 15) is 13.2 Å². The lowest BCUT2D eigenvalue weighted by Gasteiger charge is -2.21. The Morgan fingerprint density at radius 1 is 1.47 bits per heavy atom. The molecule has 0 bridgehead atoms. The molecule has 7 heteroatoms. The van der Waals surface area contributed by atoms with Crippen molar-refractivity contribution in [3.8, 4) is 0 Å². The molecule has 1 unspecified atom stereocenters. The van der Waals surface area contributed by atoms with Crippen LogP contribution < -0.4 is 0 Å². The summed E-state index contributed by atoms with van der Waals surface area (Å²) in [6.45, 7) is 2.00. The maximum atomic E-state index is 12.4. The van der Waals surface area contributed by atoms with Crippen molar-refractivity contribution in [2.45, 2.75) is 30.7 Å². The first kappa shape index (κ1) is 14.3. The molecule has 1 aromatic rings. The van der Waals surface area contributed by atoms with E-state index < -0.39 is 22.0 Å². The molecular formula is C12H14ClNO4S. The van der Waals surface area contributed by atoms with Crippen LogP contribution in [0.4, 0.5) is 0 Å². The predicted octanol–water partition coefficient (Wildman–Crippen LogP) is 1.89. The van der Waals surface area contributed by atoms with Crippen LogP contribution in [0.25, 0.3) is 0 Å². The summed E-state index contributed by atoms with van der Waals surface area (Å²) in [4.78, 5) is 11.1. The third kappa shape index (κ3) is 2.61. The van der Waals surface area contributed by atoms with E-state index in [1.165, 1.54) is 12.1 Å². The lowest BCUT2D eigenvalue weighted by molar-refractivity contribution is -0.140. The third-order valence-electron chi connectivity index (χ3n) is 3.24. The predicted molar refractivity (Wildman–Crippen MR) is 70.7 cm³/mol. The number of carboxylic acid groups (broad SMARTS) is 1. The smallest absolute Gasteiger partial charge is 0.322 e. The van der Waals surface area contributed by atoms with Crippen molar-refractivity contribution < 1.29 is 18.3 Å². The van der Waals surface area contributed by atoms with Gasteiger partial charge in [-0.15, -0.1) is 0 Å². The number of carbonyl (C=O) groups is 1. The van der Waals surface area contributed by atoms with Gasteiger partial charge in [-0.1, -0.05) is 17.7 Å². The molecule has 0 aromatic heterocycles. The van der Waals surface area contributed by atoms with Gasteiger partial charge in [0.1, 0.15) is 6.04 Å². The summed E-state index contributed by atoms with van der Waals surface area (Å²) in [5.41, 5.74) is 0.775. The lowest BCUT2D eigenvalue weighted by atomic mass is 10.2. The third-order valence-corrected chi connectivity index (χ3v) is 5.55. The first-order chi connectivity index (χ1) is 8.84. The monoisotopic (exact) mass is 303 g/mol. The minimum absolute atomic E-state index is 0.0382. The molecule has 0 aliphatic carbocycles. The van der Waals surface area contributed by atoms with Gasteiger partial charge in [-0.2, -0.15) is 4.31 Å². The molecule has 1 atom stereocenters. The van der Waals surface area contributed by atoms with Gasteiger partial charge in [-0.25, -0.2) is 8.42 Å². The summed E-state index contributed by atoms with van der Waals surface area (Å²) in [5, 5.41) is 9.41. The highest BCUT2D eigenvalue weighted by atomic mass is 35.5. The van der Waals surface area contributed by atoms with E-state index in [1.807, 2.05) is 0 Å². The van der Waals surface area contributed by atoms with Crippen LogP contribution in [0.15, 0.2) is 23.1 Å². The molecule has 1 aromatic carbocycles. The molecule has 5 nitrogen and oxygen atoms in total. The first-order valence-corrected chi connectivity index (χ1v) is 7.66. The topological polar surface area (TPSA) is 74.7 Å². The Bertz CT molecular complexity index is 614. The van der Waals surface area contributed by atoms with Crippen molar-refractivity contribution >= 4 is 27.6 Å². The summed E-state index contributed by atoms with van der Waals surface area (Å²) in [6, 6.07) is 3.45. The van der Waals surface area contributed by atoms with E-state index in [2.05, 4.69) is 0 Å². The van der Waals surface area contributed by atoms with Crippen LogP contribution >= 0.6 is 11.6 Å². The normalized spacial score (nSPS) is 20.6. The largest absolute Gasteiger partial charge is 0.480 e. The molecule has 0 radical (unpaired) electrons. The molecule has 1 aliphatic heterocycles. The Labute approximate surface area is 116 Å². The van der Waals surface area contributed by atoms with Gasteiger partial charge >= 0.3 is 5.97 Å². The molecule has 19 heavy (non-hydrogen) atoms. The Hall–Kier alpha value is -1.11. The van der Waals surface area contributed by atoms with Gasteiger partial charge in [-0.05, 0) is 37.5 Å². The number of halogens is 1. The second-order valence-corrected chi connectivity index (χ2v) is 6.82. The zero-order chi connectivity index (χ0) is 14.2. The Morgan fingerprint density at radius 3 is 2.74 bits per heavy atom. The van der Waals surface area contributed by atoms with Crippen molar-refractivity contribution in [1.82, 2.24) is 4.31 Å². The van der Waals surface area contributed by atoms with Gasteiger partial charge in [0.05, 0.1) is 4.90 Å². The first-order valence-electron chi connectivity index (χ1n) is 5.85. The maximum Gasteiger partial charge on any atom is 0.322 e. The Kier molecular flexibility index (Phi) is 3.85. The Balaban J connectivity index is 2.42. The highest BCUT2D eigenvalue weighted by molar-refractivity contribution is 7.89. The SMILES string of the molecule is Cc1ccc(S(=O)(=O)N2CCCC2C(=O)O)cc1Cl. The number of sulfonamides is 1. The Morgan fingerprint density at radius 2 is 2.16 bits per heavy atom. The molecule has 1 saturated heterocycles. The van der Waals surface area contributed by atoms with E-state index in [-0.39, 0.29) is 11.4 Å². The number of hydrogen-bond donors (Lipinski definition) is 1. The van der Waals surface area contributed by atoms with Crippen molar-refractivity contribution in [1.29, 1.82) is 0 Å². The van der Waals surface area contributed by atoms with Gasteiger partial charge in [0, 0.05) is 11.6 Å². The summed E-state index contributed by atoms with van der Waals surface area (Å²) in [5.74, 6) is -1.11. The highest BCUT2D eigenvalue weighted by Crippen LogP contribution is 2.28. The van der Waals surface area contributed by atoms with Gasteiger partial charge in [0.15, 0.2) is 0 Å².